The predicted octanol–water partition coefficient (Wildman–Crippen LogP) is 6.15. The molecular formula is C22H29NO. The molecule has 0 bridgehead atoms. The topological polar surface area (TPSA) is 29.1 Å². The maximum Gasteiger partial charge on any atom is 0.255 e. The Morgan fingerprint density at radius 3 is 2.12 bits per heavy atom. The van der Waals surface area contributed by atoms with E-state index in [-0.39, 0.29) is 5.91 Å². The highest BCUT2D eigenvalue weighted by Gasteiger charge is 2.05. The van der Waals surface area contributed by atoms with Crippen molar-refractivity contribution in [3.05, 3.63) is 65.2 Å². The van der Waals surface area contributed by atoms with Crippen molar-refractivity contribution in [1.82, 2.24) is 0 Å². The summed E-state index contributed by atoms with van der Waals surface area (Å²) in [6.45, 7) is 4.27. The van der Waals surface area contributed by atoms with Crippen LogP contribution in [-0.2, 0) is 6.42 Å². The van der Waals surface area contributed by atoms with Crippen LogP contribution in [0.25, 0.3) is 0 Å². The van der Waals surface area contributed by atoms with Gasteiger partial charge in [-0.1, -0.05) is 68.9 Å². The van der Waals surface area contributed by atoms with Gasteiger partial charge in [0.05, 0.1) is 0 Å². The number of unbranched alkanes of at least 4 members (excludes halogenated alkanes) is 5. The minimum Gasteiger partial charge on any atom is -0.322 e. The first-order chi connectivity index (χ1) is 11.7. The average molecular weight is 323 g/mol. The van der Waals surface area contributed by atoms with Gasteiger partial charge < -0.3 is 5.32 Å². The molecule has 2 aromatic carbocycles. The Balaban J connectivity index is 1.77. The summed E-state index contributed by atoms with van der Waals surface area (Å²) in [4.78, 5) is 12.2. The molecule has 0 aromatic heterocycles. The number of hydrogen-bond acceptors (Lipinski definition) is 1. The number of amides is 1. The third-order valence-corrected chi connectivity index (χ3v) is 4.34. The van der Waals surface area contributed by atoms with Crippen molar-refractivity contribution in [2.24, 2.45) is 0 Å². The van der Waals surface area contributed by atoms with Crippen molar-refractivity contribution < 1.29 is 4.79 Å². The van der Waals surface area contributed by atoms with Crippen LogP contribution in [0.15, 0.2) is 48.5 Å². The molecule has 0 aliphatic rings. The van der Waals surface area contributed by atoms with Gasteiger partial charge in [-0.2, -0.15) is 0 Å². The molecule has 0 radical (unpaired) electrons. The molecule has 0 unspecified atom stereocenters. The number of nitrogens with one attached hydrogen (secondary N) is 1. The molecular weight excluding hydrogens is 294 g/mol. The largest absolute Gasteiger partial charge is 0.322 e. The first kappa shape index (κ1) is 18.3. The second kappa shape index (κ2) is 9.92. The Labute approximate surface area is 146 Å². The van der Waals surface area contributed by atoms with Crippen molar-refractivity contribution in [2.75, 3.05) is 5.32 Å². The molecule has 24 heavy (non-hydrogen) atoms. The molecule has 0 aliphatic heterocycles. The van der Waals surface area contributed by atoms with Gasteiger partial charge in [-0.3, -0.25) is 4.79 Å². The Kier molecular flexibility index (Phi) is 7.54. The predicted molar refractivity (Wildman–Crippen MR) is 103 cm³/mol. The Hall–Kier alpha value is -2.09. The third kappa shape index (κ3) is 6.19. The van der Waals surface area contributed by atoms with E-state index in [9.17, 15) is 4.79 Å². The van der Waals surface area contributed by atoms with E-state index in [1.54, 1.807) is 0 Å². The maximum absolute atomic E-state index is 12.2. The van der Waals surface area contributed by atoms with E-state index in [1.165, 1.54) is 44.1 Å². The monoisotopic (exact) mass is 323 g/mol. The summed E-state index contributed by atoms with van der Waals surface area (Å²) < 4.78 is 0. The molecule has 0 heterocycles. The normalized spacial score (nSPS) is 10.6. The highest BCUT2D eigenvalue weighted by atomic mass is 16.1. The van der Waals surface area contributed by atoms with Crippen molar-refractivity contribution in [3.63, 3.8) is 0 Å². The quantitative estimate of drug-likeness (QED) is 0.551. The summed E-state index contributed by atoms with van der Waals surface area (Å²) in [5, 5.41) is 2.96. The SMILES string of the molecule is CCCCCCCCc1ccc(NC(=O)c2ccc(C)cc2)cc1. The number of anilines is 1. The van der Waals surface area contributed by atoms with Crippen LogP contribution in [0.2, 0.25) is 0 Å². The van der Waals surface area contributed by atoms with E-state index in [0.717, 1.165) is 17.7 Å². The van der Waals surface area contributed by atoms with Crippen molar-refractivity contribution >= 4 is 11.6 Å². The molecule has 0 aliphatic carbocycles. The summed E-state index contributed by atoms with van der Waals surface area (Å²) in [6.07, 6.45) is 9.05. The molecule has 2 rings (SSSR count). The van der Waals surface area contributed by atoms with Gasteiger partial charge in [0.15, 0.2) is 0 Å². The molecule has 2 aromatic rings. The van der Waals surface area contributed by atoms with Crippen LogP contribution in [0, 0.1) is 6.92 Å². The maximum atomic E-state index is 12.2. The lowest BCUT2D eigenvalue weighted by Crippen LogP contribution is -2.11. The van der Waals surface area contributed by atoms with E-state index in [4.69, 9.17) is 0 Å². The first-order valence-corrected chi connectivity index (χ1v) is 9.16. The molecule has 2 heteroatoms. The van der Waals surface area contributed by atoms with E-state index >= 15 is 0 Å². The number of aryl methyl sites for hydroxylation is 2. The lowest BCUT2D eigenvalue weighted by atomic mass is 10.0. The minimum absolute atomic E-state index is 0.0568. The standard InChI is InChI=1S/C22H29NO/c1-3-4-5-6-7-8-9-19-12-16-21(17-13-19)23-22(24)20-14-10-18(2)11-15-20/h10-17H,3-9H2,1-2H3,(H,23,24). The van der Waals surface area contributed by atoms with Gasteiger partial charge in [0, 0.05) is 11.3 Å². The number of rotatable bonds is 9. The van der Waals surface area contributed by atoms with Gasteiger partial charge in [-0.15, -0.1) is 0 Å². The number of hydrogen-bond donors (Lipinski definition) is 1. The molecule has 0 atom stereocenters. The fourth-order valence-corrected chi connectivity index (χ4v) is 2.77. The minimum atomic E-state index is -0.0568. The number of benzene rings is 2. The van der Waals surface area contributed by atoms with E-state index in [0.29, 0.717) is 5.56 Å². The van der Waals surface area contributed by atoms with Crippen LogP contribution < -0.4 is 5.32 Å². The molecule has 0 fully saturated rings. The fraction of sp³-hybridized carbons (Fsp3) is 0.409. The van der Waals surface area contributed by atoms with Crippen molar-refractivity contribution in [2.45, 2.75) is 58.8 Å². The Morgan fingerprint density at radius 2 is 1.46 bits per heavy atom. The average Bonchev–Trinajstić information content (AvgIpc) is 2.60. The van der Waals surface area contributed by atoms with Gasteiger partial charge in [0.25, 0.3) is 5.91 Å². The van der Waals surface area contributed by atoms with Gasteiger partial charge in [0.2, 0.25) is 0 Å². The van der Waals surface area contributed by atoms with Gasteiger partial charge in [-0.25, -0.2) is 0 Å². The molecule has 1 amide bonds. The first-order valence-electron chi connectivity index (χ1n) is 9.16. The Morgan fingerprint density at radius 1 is 0.833 bits per heavy atom. The summed E-state index contributed by atoms with van der Waals surface area (Å²) in [7, 11) is 0. The van der Waals surface area contributed by atoms with E-state index < -0.39 is 0 Å². The summed E-state index contributed by atoms with van der Waals surface area (Å²) in [6, 6.07) is 15.9. The molecule has 0 spiro atoms. The lowest BCUT2D eigenvalue weighted by Gasteiger charge is -2.07. The van der Waals surface area contributed by atoms with E-state index in [2.05, 4.69) is 24.4 Å². The van der Waals surface area contributed by atoms with E-state index in [1.807, 2.05) is 43.3 Å². The molecule has 1 N–H and O–H groups in total. The van der Waals surface area contributed by atoms with Gasteiger partial charge >= 0.3 is 0 Å². The van der Waals surface area contributed by atoms with Crippen LogP contribution in [-0.4, -0.2) is 5.91 Å². The van der Waals surface area contributed by atoms with Crippen molar-refractivity contribution in [1.29, 1.82) is 0 Å². The summed E-state index contributed by atoms with van der Waals surface area (Å²) in [5.41, 5.74) is 4.05. The zero-order valence-electron chi connectivity index (χ0n) is 15.0. The fourth-order valence-electron chi connectivity index (χ4n) is 2.77. The molecule has 0 saturated heterocycles. The van der Waals surface area contributed by atoms with Crippen molar-refractivity contribution in [3.8, 4) is 0 Å². The van der Waals surface area contributed by atoms with Crippen LogP contribution in [0.4, 0.5) is 5.69 Å². The van der Waals surface area contributed by atoms with Gasteiger partial charge in [0.1, 0.15) is 0 Å². The molecule has 2 nitrogen and oxygen atoms in total. The summed E-state index contributed by atoms with van der Waals surface area (Å²) in [5.74, 6) is -0.0568. The van der Waals surface area contributed by atoms with Gasteiger partial charge in [-0.05, 0) is 49.6 Å². The number of carbonyl (C=O) groups is 1. The zero-order valence-corrected chi connectivity index (χ0v) is 15.0. The number of carbonyl (C=O) groups excluding carboxylic acids is 1. The van der Waals surface area contributed by atoms with Crippen LogP contribution >= 0.6 is 0 Å². The molecule has 128 valence electrons. The lowest BCUT2D eigenvalue weighted by molar-refractivity contribution is 0.102. The second-order valence-electron chi connectivity index (χ2n) is 6.53. The molecule has 0 saturated carbocycles. The Bertz CT molecular complexity index is 613. The third-order valence-electron chi connectivity index (χ3n) is 4.34. The van der Waals surface area contributed by atoms with Crippen LogP contribution in [0.1, 0.15) is 66.9 Å². The highest BCUT2D eigenvalue weighted by Crippen LogP contribution is 2.15. The van der Waals surface area contributed by atoms with Crippen LogP contribution in [0.3, 0.4) is 0 Å². The zero-order chi connectivity index (χ0) is 17.2. The van der Waals surface area contributed by atoms with Crippen LogP contribution in [0.5, 0.6) is 0 Å². The second-order valence-corrected chi connectivity index (χ2v) is 6.53. The highest BCUT2D eigenvalue weighted by molar-refractivity contribution is 6.04. The smallest absolute Gasteiger partial charge is 0.255 e. The summed E-state index contributed by atoms with van der Waals surface area (Å²) >= 11 is 0.